The standard InChI is InChI=1S/C12H18O/c1-9(2)10(3)11-6-5-7-12(8-11)13-4/h5-10H,1-4H3. The number of hydrogen-bond donors (Lipinski definition) is 0. The van der Waals surface area contributed by atoms with E-state index in [1.807, 2.05) is 12.1 Å². The zero-order valence-corrected chi connectivity index (χ0v) is 8.87. The van der Waals surface area contributed by atoms with Gasteiger partial charge < -0.3 is 4.74 Å². The molecule has 0 aliphatic rings. The third-order valence-electron chi connectivity index (χ3n) is 2.62. The van der Waals surface area contributed by atoms with E-state index in [0.29, 0.717) is 11.8 Å². The van der Waals surface area contributed by atoms with Crippen LogP contribution >= 0.6 is 0 Å². The van der Waals surface area contributed by atoms with Crippen LogP contribution in [0.25, 0.3) is 0 Å². The van der Waals surface area contributed by atoms with Crippen LogP contribution in [0.1, 0.15) is 32.3 Å². The molecule has 0 aliphatic heterocycles. The molecule has 0 saturated carbocycles. The molecule has 0 aromatic heterocycles. The lowest BCUT2D eigenvalue weighted by Gasteiger charge is -2.16. The quantitative estimate of drug-likeness (QED) is 0.688. The maximum atomic E-state index is 5.18. The number of rotatable bonds is 3. The SMILES string of the molecule is COc1cccc(C(C)C(C)C)c1. The molecule has 1 unspecified atom stereocenters. The summed E-state index contributed by atoms with van der Waals surface area (Å²) < 4.78 is 5.18. The van der Waals surface area contributed by atoms with Crippen molar-refractivity contribution >= 4 is 0 Å². The Labute approximate surface area is 80.7 Å². The van der Waals surface area contributed by atoms with Gasteiger partial charge in [-0.3, -0.25) is 0 Å². The molecule has 1 aromatic rings. The molecule has 0 spiro atoms. The van der Waals surface area contributed by atoms with E-state index in [2.05, 4.69) is 32.9 Å². The van der Waals surface area contributed by atoms with E-state index in [9.17, 15) is 0 Å². The highest BCUT2D eigenvalue weighted by molar-refractivity contribution is 5.30. The van der Waals surface area contributed by atoms with Crippen molar-refractivity contribution in [1.29, 1.82) is 0 Å². The summed E-state index contributed by atoms with van der Waals surface area (Å²) in [6, 6.07) is 8.31. The van der Waals surface area contributed by atoms with Crippen molar-refractivity contribution in [2.45, 2.75) is 26.7 Å². The molecule has 0 radical (unpaired) electrons. The lowest BCUT2D eigenvalue weighted by molar-refractivity contribution is 0.413. The molecule has 0 bridgehead atoms. The molecule has 1 heteroatoms. The highest BCUT2D eigenvalue weighted by Gasteiger charge is 2.09. The Balaban J connectivity index is 2.88. The van der Waals surface area contributed by atoms with E-state index in [1.165, 1.54) is 5.56 Å². The molecule has 1 aromatic carbocycles. The molecule has 1 atom stereocenters. The maximum Gasteiger partial charge on any atom is 0.119 e. The largest absolute Gasteiger partial charge is 0.497 e. The first kappa shape index (κ1) is 10.1. The van der Waals surface area contributed by atoms with E-state index in [-0.39, 0.29) is 0 Å². The van der Waals surface area contributed by atoms with Gasteiger partial charge in [0.1, 0.15) is 5.75 Å². The molecule has 0 saturated heterocycles. The summed E-state index contributed by atoms with van der Waals surface area (Å²) in [5.74, 6) is 2.22. The van der Waals surface area contributed by atoms with Gasteiger partial charge in [0.25, 0.3) is 0 Å². The maximum absolute atomic E-state index is 5.18. The Morgan fingerprint density at radius 3 is 2.38 bits per heavy atom. The number of benzene rings is 1. The molecule has 0 N–H and O–H groups in total. The molecule has 0 aliphatic carbocycles. The summed E-state index contributed by atoms with van der Waals surface area (Å²) >= 11 is 0. The van der Waals surface area contributed by atoms with Gasteiger partial charge in [0.2, 0.25) is 0 Å². The number of methoxy groups -OCH3 is 1. The first-order chi connectivity index (χ1) is 6.15. The van der Waals surface area contributed by atoms with Crippen LogP contribution in [0.3, 0.4) is 0 Å². The lowest BCUT2D eigenvalue weighted by atomic mass is 9.90. The topological polar surface area (TPSA) is 9.23 Å². The van der Waals surface area contributed by atoms with E-state index in [0.717, 1.165) is 5.75 Å². The van der Waals surface area contributed by atoms with Gasteiger partial charge in [-0.1, -0.05) is 32.9 Å². The Kier molecular flexibility index (Phi) is 3.35. The molecule has 0 fully saturated rings. The molecular formula is C12H18O. The van der Waals surface area contributed by atoms with Gasteiger partial charge in [-0.05, 0) is 29.5 Å². The van der Waals surface area contributed by atoms with Crippen LogP contribution in [-0.2, 0) is 0 Å². The van der Waals surface area contributed by atoms with Gasteiger partial charge in [0, 0.05) is 0 Å². The van der Waals surface area contributed by atoms with Crippen LogP contribution in [0, 0.1) is 5.92 Å². The smallest absolute Gasteiger partial charge is 0.119 e. The molecule has 1 rings (SSSR count). The van der Waals surface area contributed by atoms with E-state index in [1.54, 1.807) is 7.11 Å². The normalized spacial score (nSPS) is 13.0. The van der Waals surface area contributed by atoms with Crippen molar-refractivity contribution in [3.05, 3.63) is 29.8 Å². The van der Waals surface area contributed by atoms with Gasteiger partial charge >= 0.3 is 0 Å². The predicted octanol–water partition coefficient (Wildman–Crippen LogP) is 3.45. The van der Waals surface area contributed by atoms with Gasteiger partial charge in [-0.25, -0.2) is 0 Å². The first-order valence-corrected chi connectivity index (χ1v) is 4.79. The van der Waals surface area contributed by atoms with Crippen molar-refractivity contribution in [3.8, 4) is 5.75 Å². The monoisotopic (exact) mass is 178 g/mol. The Morgan fingerprint density at radius 2 is 1.85 bits per heavy atom. The van der Waals surface area contributed by atoms with Gasteiger partial charge in [0.15, 0.2) is 0 Å². The summed E-state index contributed by atoms with van der Waals surface area (Å²) in [5, 5.41) is 0. The third-order valence-corrected chi connectivity index (χ3v) is 2.62. The van der Waals surface area contributed by atoms with Crippen molar-refractivity contribution in [3.63, 3.8) is 0 Å². The molecule has 72 valence electrons. The van der Waals surface area contributed by atoms with E-state index in [4.69, 9.17) is 4.74 Å². The van der Waals surface area contributed by atoms with Gasteiger partial charge in [-0.2, -0.15) is 0 Å². The van der Waals surface area contributed by atoms with Crippen LogP contribution in [0.15, 0.2) is 24.3 Å². The second-order valence-electron chi connectivity index (χ2n) is 3.81. The third kappa shape index (κ3) is 2.48. The fraction of sp³-hybridized carbons (Fsp3) is 0.500. The highest BCUT2D eigenvalue weighted by atomic mass is 16.5. The molecule has 13 heavy (non-hydrogen) atoms. The average Bonchev–Trinajstić information content (AvgIpc) is 2.16. The first-order valence-electron chi connectivity index (χ1n) is 4.79. The summed E-state index contributed by atoms with van der Waals surface area (Å²) in [4.78, 5) is 0. The minimum absolute atomic E-state index is 0.593. The van der Waals surface area contributed by atoms with Crippen molar-refractivity contribution in [1.82, 2.24) is 0 Å². The average molecular weight is 178 g/mol. The van der Waals surface area contributed by atoms with Gasteiger partial charge in [0.05, 0.1) is 7.11 Å². The summed E-state index contributed by atoms with van der Waals surface area (Å²) in [7, 11) is 1.71. The Bertz CT molecular complexity index is 266. The Morgan fingerprint density at radius 1 is 1.15 bits per heavy atom. The summed E-state index contributed by atoms with van der Waals surface area (Å²) in [5.41, 5.74) is 1.36. The van der Waals surface area contributed by atoms with Crippen molar-refractivity contribution < 1.29 is 4.74 Å². The molecule has 0 amide bonds. The molecule has 0 heterocycles. The van der Waals surface area contributed by atoms with Crippen LogP contribution in [-0.4, -0.2) is 7.11 Å². The fourth-order valence-corrected chi connectivity index (χ4v) is 1.31. The van der Waals surface area contributed by atoms with Crippen LogP contribution in [0.2, 0.25) is 0 Å². The zero-order chi connectivity index (χ0) is 9.84. The second-order valence-corrected chi connectivity index (χ2v) is 3.81. The zero-order valence-electron chi connectivity index (χ0n) is 8.87. The van der Waals surface area contributed by atoms with Crippen molar-refractivity contribution in [2.75, 3.05) is 7.11 Å². The summed E-state index contributed by atoms with van der Waals surface area (Å²) in [6.45, 7) is 6.73. The fourth-order valence-electron chi connectivity index (χ4n) is 1.31. The van der Waals surface area contributed by atoms with Gasteiger partial charge in [-0.15, -0.1) is 0 Å². The molecular weight excluding hydrogens is 160 g/mol. The number of hydrogen-bond acceptors (Lipinski definition) is 1. The lowest BCUT2D eigenvalue weighted by Crippen LogP contribution is -2.01. The minimum Gasteiger partial charge on any atom is -0.497 e. The van der Waals surface area contributed by atoms with Crippen LogP contribution < -0.4 is 4.74 Å². The number of ether oxygens (including phenoxy) is 1. The minimum atomic E-state index is 0.593. The predicted molar refractivity (Wildman–Crippen MR) is 56.2 cm³/mol. The second kappa shape index (κ2) is 4.31. The summed E-state index contributed by atoms with van der Waals surface area (Å²) in [6.07, 6.45) is 0. The van der Waals surface area contributed by atoms with Crippen LogP contribution in [0.4, 0.5) is 0 Å². The highest BCUT2D eigenvalue weighted by Crippen LogP contribution is 2.26. The van der Waals surface area contributed by atoms with Crippen LogP contribution in [0.5, 0.6) is 5.75 Å². The van der Waals surface area contributed by atoms with E-state index >= 15 is 0 Å². The van der Waals surface area contributed by atoms with E-state index < -0.39 is 0 Å². The van der Waals surface area contributed by atoms with Crippen molar-refractivity contribution in [2.24, 2.45) is 5.92 Å². The Hall–Kier alpha value is -0.980. The molecule has 1 nitrogen and oxygen atoms in total.